The molecule has 21 heavy (non-hydrogen) atoms. The average Bonchev–Trinajstić information content (AvgIpc) is 2.74. The van der Waals surface area contributed by atoms with E-state index in [1.165, 1.54) is 5.56 Å². The molecule has 114 valence electrons. The van der Waals surface area contributed by atoms with Crippen LogP contribution in [0.15, 0.2) is 28.7 Å². The van der Waals surface area contributed by atoms with Crippen molar-refractivity contribution in [1.29, 1.82) is 0 Å². The molecule has 0 saturated carbocycles. The molecule has 0 aliphatic rings. The minimum atomic E-state index is 0.211. The molecule has 3 nitrogen and oxygen atoms in total. The maximum absolute atomic E-state index is 6.48. The van der Waals surface area contributed by atoms with Crippen LogP contribution in [0.3, 0.4) is 0 Å². The largest absolute Gasteiger partial charge is 0.310 e. The number of hydrogen-bond donors (Lipinski definition) is 1. The number of aromatic nitrogens is 2. The van der Waals surface area contributed by atoms with Gasteiger partial charge in [-0.25, -0.2) is 0 Å². The third kappa shape index (κ3) is 3.68. The summed E-state index contributed by atoms with van der Waals surface area (Å²) in [7, 11) is 1.96. The van der Waals surface area contributed by atoms with E-state index in [1.807, 2.05) is 17.8 Å². The highest BCUT2D eigenvalue weighted by molar-refractivity contribution is 9.10. The molecule has 2 aromatic rings. The normalized spacial score (nSPS) is 12.6. The topological polar surface area (TPSA) is 29.9 Å². The number of aryl methyl sites for hydroxylation is 2. The molecule has 1 aromatic heterocycles. The van der Waals surface area contributed by atoms with E-state index in [-0.39, 0.29) is 6.04 Å². The fourth-order valence-electron chi connectivity index (χ4n) is 2.53. The van der Waals surface area contributed by atoms with Gasteiger partial charge in [-0.05, 0) is 24.6 Å². The SMILES string of the molecule is CCNC(Cc1c(Cl)c(CC)nn1C)c1ccccc1Br. The second-order valence-corrected chi connectivity index (χ2v) is 6.25. The molecule has 0 saturated heterocycles. The van der Waals surface area contributed by atoms with Crippen molar-refractivity contribution in [2.24, 2.45) is 7.05 Å². The lowest BCUT2D eigenvalue weighted by atomic mass is 10.0. The van der Waals surface area contributed by atoms with Crippen LogP contribution in [0.5, 0.6) is 0 Å². The van der Waals surface area contributed by atoms with Crippen molar-refractivity contribution < 1.29 is 0 Å². The first kappa shape index (κ1) is 16.5. The fourth-order valence-corrected chi connectivity index (χ4v) is 3.46. The summed E-state index contributed by atoms with van der Waals surface area (Å²) in [4.78, 5) is 0. The highest BCUT2D eigenvalue weighted by Crippen LogP contribution is 2.29. The molecule has 1 unspecified atom stereocenters. The maximum Gasteiger partial charge on any atom is 0.0850 e. The van der Waals surface area contributed by atoms with Gasteiger partial charge in [-0.15, -0.1) is 0 Å². The minimum Gasteiger partial charge on any atom is -0.310 e. The zero-order chi connectivity index (χ0) is 15.4. The lowest BCUT2D eigenvalue weighted by Crippen LogP contribution is -2.24. The van der Waals surface area contributed by atoms with Crippen molar-refractivity contribution >= 4 is 27.5 Å². The Morgan fingerprint density at radius 1 is 1.33 bits per heavy atom. The van der Waals surface area contributed by atoms with E-state index in [2.05, 4.69) is 58.4 Å². The first-order valence-electron chi connectivity index (χ1n) is 7.26. The summed E-state index contributed by atoms with van der Waals surface area (Å²) in [5.74, 6) is 0. The Balaban J connectivity index is 2.33. The summed E-state index contributed by atoms with van der Waals surface area (Å²) in [5, 5.41) is 8.84. The van der Waals surface area contributed by atoms with Gasteiger partial charge in [0.2, 0.25) is 0 Å². The lowest BCUT2D eigenvalue weighted by molar-refractivity contribution is 0.527. The van der Waals surface area contributed by atoms with Crippen LogP contribution in [0.2, 0.25) is 5.02 Å². The number of nitrogens with zero attached hydrogens (tertiary/aromatic N) is 2. The van der Waals surface area contributed by atoms with Gasteiger partial charge in [0.1, 0.15) is 0 Å². The summed E-state index contributed by atoms with van der Waals surface area (Å²) < 4.78 is 3.02. The van der Waals surface area contributed by atoms with Crippen LogP contribution >= 0.6 is 27.5 Å². The van der Waals surface area contributed by atoms with E-state index in [9.17, 15) is 0 Å². The number of rotatable bonds is 6. The summed E-state index contributed by atoms with van der Waals surface area (Å²) in [6.45, 7) is 5.10. The average molecular weight is 371 g/mol. The third-order valence-electron chi connectivity index (χ3n) is 3.63. The molecule has 0 radical (unpaired) electrons. The van der Waals surface area contributed by atoms with Gasteiger partial charge in [-0.3, -0.25) is 4.68 Å². The molecule has 0 bridgehead atoms. The van der Waals surface area contributed by atoms with E-state index in [4.69, 9.17) is 11.6 Å². The van der Waals surface area contributed by atoms with E-state index in [0.717, 1.165) is 40.3 Å². The van der Waals surface area contributed by atoms with Crippen LogP contribution < -0.4 is 5.32 Å². The van der Waals surface area contributed by atoms with Gasteiger partial charge in [-0.2, -0.15) is 5.10 Å². The smallest absolute Gasteiger partial charge is 0.0850 e. The molecule has 0 spiro atoms. The summed E-state index contributed by atoms with van der Waals surface area (Å²) >= 11 is 10.1. The zero-order valence-electron chi connectivity index (χ0n) is 12.7. The summed E-state index contributed by atoms with van der Waals surface area (Å²) in [6, 6.07) is 8.52. The Labute approximate surface area is 139 Å². The van der Waals surface area contributed by atoms with Crippen LogP contribution in [0, 0.1) is 0 Å². The monoisotopic (exact) mass is 369 g/mol. The highest BCUT2D eigenvalue weighted by Gasteiger charge is 2.20. The van der Waals surface area contributed by atoms with Crippen molar-refractivity contribution in [3.8, 4) is 0 Å². The number of hydrogen-bond acceptors (Lipinski definition) is 2. The van der Waals surface area contributed by atoms with Crippen molar-refractivity contribution in [3.63, 3.8) is 0 Å². The predicted octanol–water partition coefficient (Wildman–Crippen LogP) is 4.29. The molecule has 0 amide bonds. The van der Waals surface area contributed by atoms with Crippen LogP contribution in [0.4, 0.5) is 0 Å². The van der Waals surface area contributed by atoms with Gasteiger partial charge in [0.25, 0.3) is 0 Å². The van der Waals surface area contributed by atoms with E-state index >= 15 is 0 Å². The van der Waals surface area contributed by atoms with Gasteiger partial charge in [0.05, 0.1) is 16.4 Å². The number of nitrogens with one attached hydrogen (secondary N) is 1. The van der Waals surface area contributed by atoms with Crippen LogP contribution in [0.25, 0.3) is 0 Å². The first-order chi connectivity index (χ1) is 10.1. The van der Waals surface area contributed by atoms with E-state index < -0.39 is 0 Å². The molecular weight excluding hydrogens is 350 g/mol. The first-order valence-corrected chi connectivity index (χ1v) is 8.43. The second kappa shape index (κ2) is 7.43. The van der Waals surface area contributed by atoms with Crippen molar-refractivity contribution in [1.82, 2.24) is 15.1 Å². The van der Waals surface area contributed by atoms with Crippen LogP contribution in [0.1, 0.15) is 36.8 Å². The minimum absolute atomic E-state index is 0.211. The molecule has 0 aliphatic carbocycles. The quantitative estimate of drug-likeness (QED) is 0.822. The van der Waals surface area contributed by atoms with Crippen molar-refractivity contribution in [3.05, 3.63) is 50.7 Å². The molecule has 0 fully saturated rings. The Morgan fingerprint density at radius 3 is 2.62 bits per heavy atom. The van der Waals surface area contributed by atoms with E-state index in [0.29, 0.717) is 0 Å². The second-order valence-electron chi connectivity index (χ2n) is 5.02. The Kier molecular flexibility index (Phi) is 5.85. The summed E-state index contributed by atoms with van der Waals surface area (Å²) in [5.41, 5.74) is 3.29. The standard InChI is InChI=1S/C16H21BrClN3/c1-4-13-16(18)15(21(3)20-13)10-14(19-5-2)11-8-6-7-9-12(11)17/h6-9,14,19H,4-5,10H2,1-3H3. The number of halogens is 2. The molecule has 0 aliphatic heterocycles. The maximum atomic E-state index is 6.48. The van der Waals surface area contributed by atoms with Crippen LogP contribution in [-0.2, 0) is 19.9 Å². The molecule has 1 atom stereocenters. The van der Waals surface area contributed by atoms with Crippen molar-refractivity contribution in [2.75, 3.05) is 6.54 Å². The van der Waals surface area contributed by atoms with Gasteiger partial charge in [0, 0.05) is 24.0 Å². The molecule has 2 rings (SSSR count). The van der Waals surface area contributed by atoms with Crippen LogP contribution in [-0.4, -0.2) is 16.3 Å². The fraction of sp³-hybridized carbons (Fsp3) is 0.438. The summed E-state index contributed by atoms with van der Waals surface area (Å²) in [6.07, 6.45) is 1.67. The molecular formula is C16H21BrClN3. The Morgan fingerprint density at radius 2 is 2.05 bits per heavy atom. The third-order valence-corrected chi connectivity index (χ3v) is 4.79. The predicted molar refractivity (Wildman–Crippen MR) is 91.9 cm³/mol. The van der Waals surface area contributed by atoms with Crippen molar-refractivity contribution in [2.45, 2.75) is 32.7 Å². The Hall–Kier alpha value is -0.840. The van der Waals surface area contributed by atoms with Gasteiger partial charge in [-0.1, -0.05) is 59.6 Å². The van der Waals surface area contributed by atoms with Gasteiger partial charge >= 0.3 is 0 Å². The molecule has 1 heterocycles. The number of likely N-dealkylation sites (N-methyl/N-ethyl adjacent to an activating group) is 1. The Bertz CT molecular complexity index is 610. The van der Waals surface area contributed by atoms with Gasteiger partial charge < -0.3 is 5.32 Å². The number of benzene rings is 1. The van der Waals surface area contributed by atoms with E-state index in [1.54, 1.807) is 0 Å². The lowest BCUT2D eigenvalue weighted by Gasteiger charge is -2.20. The van der Waals surface area contributed by atoms with Gasteiger partial charge in [0.15, 0.2) is 0 Å². The highest BCUT2D eigenvalue weighted by atomic mass is 79.9. The molecule has 1 N–H and O–H groups in total. The molecule has 1 aromatic carbocycles. The molecule has 5 heteroatoms. The zero-order valence-corrected chi connectivity index (χ0v) is 15.0.